The zero-order valence-electron chi connectivity index (χ0n) is 18.4. The Kier molecular flexibility index (Phi) is 9.09. The molecule has 0 spiro atoms. The highest BCUT2D eigenvalue weighted by atomic mass is 35.5. The summed E-state index contributed by atoms with van der Waals surface area (Å²) >= 11 is 12.5. The van der Waals surface area contributed by atoms with Gasteiger partial charge in [0.05, 0.1) is 11.4 Å². The van der Waals surface area contributed by atoms with E-state index in [0.717, 1.165) is 9.87 Å². The Morgan fingerprint density at radius 2 is 1.62 bits per heavy atom. The Labute approximate surface area is 199 Å². The molecule has 0 bridgehead atoms. The molecule has 0 aromatic heterocycles. The van der Waals surface area contributed by atoms with Crippen molar-refractivity contribution in [3.05, 3.63) is 63.6 Å². The van der Waals surface area contributed by atoms with Crippen molar-refractivity contribution in [1.82, 2.24) is 14.5 Å². The van der Waals surface area contributed by atoms with Gasteiger partial charge in [0.25, 0.3) is 0 Å². The third-order valence-electron chi connectivity index (χ3n) is 5.00. The predicted octanol–water partition coefficient (Wildman–Crippen LogP) is 3.48. The fourth-order valence-corrected chi connectivity index (χ4v) is 4.65. The number of amides is 2. The molecule has 0 unspecified atom stereocenters. The average molecular weight is 500 g/mol. The number of carbonyl (C=O) groups excluding carboxylic acids is 2. The molecule has 2 aromatic carbocycles. The van der Waals surface area contributed by atoms with Gasteiger partial charge < -0.3 is 10.2 Å². The second-order valence-corrected chi connectivity index (χ2v) is 10.2. The van der Waals surface area contributed by atoms with Crippen molar-refractivity contribution in [3.8, 4) is 0 Å². The molecule has 7 nitrogen and oxygen atoms in total. The molecule has 0 aliphatic carbocycles. The largest absolute Gasteiger partial charge is 0.355 e. The van der Waals surface area contributed by atoms with Gasteiger partial charge in [-0.1, -0.05) is 47.0 Å². The lowest BCUT2D eigenvalue weighted by molar-refractivity contribution is -0.140. The number of benzene rings is 2. The van der Waals surface area contributed by atoms with Crippen LogP contribution in [0.2, 0.25) is 10.0 Å². The van der Waals surface area contributed by atoms with Gasteiger partial charge in [-0.2, -0.15) is 4.31 Å². The van der Waals surface area contributed by atoms with Crippen molar-refractivity contribution in [2.45, 2.75) is 38.3 Å². The monoisotopic (exact) mass is 499 g/mol. The maximum atomic E-state index is 13.2. The molecule has 2 aromatic rings. The molecule has 1 N–H and O–H groups in total. The minimum atomic E-state index is -3.90. The summed E-state index contributed by atoms with van der Waals surface area (Å²) in [7, 11) is -2.57. The molecule has 0 aliphatic heterocycles. The molecule has 0 saturated carbocycles. The minimum absolute atomic E-state index is 0.0476. The summed E-state index contributed by atoms with van der Waals surface area (Å²) in [6.45, 7) is 5.08. The topological polar surface area (TPSA) is 86.8 Å². The molecule has 2 rings (SSSR count). The van der Waals surface area contributed by atoms with Crippen LogP contribution in [0.1, 0.15) is 25.0 Å². The first kappa shape index (κ1) is 26.1. The van der Waals surface area contributed by atoms with Crippen LogP contribution >= 0.6 is 23.2 Å². The van der Waals surface area contributed by atoms with Gasteiger partial charge in [-0.25, -0.2) is 8.42 Å². The molecular weight excluding hydrogens is 473 g/mol. The normalized spacial score (nSPS) is 12.5. The van der Waals surface area contributed by atoms with E-state index in [2.05, 4.69) is 5.32 Å². The van der Waals surface area contributed by atoms with Gasteiger partial charge in [0.15, 0.2) is 0 Å². The molecule has 0 heterocycles. The fourth-order valence-electron chi connectivity index (χ4n) is 3.01. The van der Waals surface area contributed by atoms with Crippen LogP contribution in [0.5, 0.6) is 0 Å². The number of hydrogen-bond donors (Lipinski definition) is 1. The number of rotatable bonds is 9. The first-order valence-corrected chi connectivity index (χ1v) is 12.2. The molecule has 0 saturated heterocycles. The predicted molar refractivity (Wildman–Crippen MR) is 126 cm³/mol. The van der Waals surface area contributed by atoms with E-state index in [-0.39, 0.29) is 17.3 Å². The maximum Gasteiger partial charge on any atom is 0.243 e. The quantitative estimate of drug-likeness (QED) is 0.571. The smallest absolute Gasteiger partial charge is 0.243 e. The summed E-state index contributed by atoms with van der Waals surface area (Å²) in [4.78, 5) is 27.1. The first-order chi connectivity index (χ1) is 15.0. The molecule has 10 heteroatoms. The number of halogens is 2. The summed E-state index contributed by atoms with van der Waals surface area (Å²) in [5.41, 5.74) is 1.39. The Hall–Kier alpha value is -2.13. The van der Waals surface area contributed by atoms with Crippen LogP contribution in [0.25, 0.3) is 0 Å². The van der Waals surface area contributed by atoms with Crippen molar-refractivity contribution >= 4 is 45.0 Å². The summed E-state index contributed by atoms with van der Waals surface area (Å²) in [6, 6.07) is 10.4. The number of nitrogens with one attached hydrogen (secondary N) is 1. The van der Waals surface area contributed by atoms with Crippen LogP contribution in [-0.2, 0) is 26.2 Å². The number of likely N-dealkylation sites (N-methyl/N-ethyl adjacent to an activating group) is 2. The molecule has 174 valence electrons. The Morgan fingerprint density at radius 1 is 1.06 bits per heavy atom. The van der Waals surface area contributed by atoms with Crippen LogP contribution < -0.4 is 5.32 Å². The van der Waals surface area contributed by atoms with Gasteiger partial charge >= 0.3 is 0 Å². The highest BCUT2D eigenvalue weighted by Crippen LogP contribution is 2.27. The van der Waals surface area contributed by atoms with Crippen LogP contribution in [0.15, 0.2) is 47.4 Å². The number of aryl methyl sites for hydroxylation is 1. The lowest BCUT2D eigenvalue weighted by Crippen LogP contribution is -2.50. The van der Waals surface area contributed by atoms with Gasteiger partial charge in [0.2, 0.25) is 21.8 Å². The highest BCUT2D eigenvalue weighted by Gasteiger charge is 2.30. The van der Waals surface area contributed by atoms with E-state index in [0.29, 0.717) is 22.2 Å². The van der Waals surface area contributed by atoms with E-state index in [1.807, 2.05) is 6.92 Å². The minimum Gasteiger partial charge on any atom is -0.355 e. The van der Waals surface area contributed by atoms with Gasteiger partial charge in [-0.05, 0) is 45.0 Å². The van der Waals surface area contributed by atoms with E-state index in [9.17, 15) is 18.0 Å². The second-order valence-electron chi connectivity index (χ2n) is 7.37. The molecule has 0 aliphatic rings. The second kappa shape index (κ2) is 11.1. The molecule has 0 radical (unpaired) electrons. The van der Waals surface area contributed by atoms with E-state index in [4.69, 9.17) is 23.2 Å². The lowest BCUT2D eigenvalue weighted by atomic mass is 10.1. The molecule has 0 fully saturated rings. The van der Waals surface area contributed by atoms with Gasteiger partial charge in [-0.3, -0.25) is 9.59 Å². The van der Waals surface area contributed by atoms with Crippen molar-refractivity contribution in [2.75, 3.05) is 20.1 Å². The van der Waals surface area contributed by atoms with Crippen LogP contribution in [0.4, 0.5) is 0 Å². The molecule has 1 atom stereocenters. The molecule has 32 heavy (non-hydrogen) atoms. The van der Waals surface area contributed by atoms with E-state index >= 15 is 0 Å². The molecular formula is C22H27Cl2N3O4S. The van der Waals surface area contributed by atoms with Crippen molar-refractivity contribution < 1.29 is 18.0 Å². The summed E-state index contributed by atoms with van der Waals surface area (Å²) < 4.78 is 26.8. The Balaban J connectivity index is 2.32. The third kappa shape index (κ3) is 6.22. The zero-order chi connectivity index (χ0) is 24.1. The number of sulfonamides is 1. The maximum absolute atomic E-state index is 13.2. The van der Waals surface area contributed by atoms with Crippen LogP contribution in [0, 0.1) is 6.92 Å². The lowest BCUT2D eigenvalue weighted by Gasteiger charge is -2.30. The summed E-state index contributed by atoms with van der Waals surface area (Å²) in [5.74, 6) is -0.925. The Bertz CT molecular complexity index is 1050. The number of carbonyl (C=O) groups is 2. The average Bonchev–Trinajstić information content (AvgIpc) is 2.73. The van der Waals surface area contributed by atoms with E-state index in [1.54, 1.807) is 44.2 Å². The summed E-state index contributed by atoms with van der Waals surface area (Å²) in [5, 5.41) is 3.37. The number of hydrogen-bond acceptors (Lipinski definition) is 4. The van der Waals surface area contributed by atoms with E-state index in [1.165, 1.54) is 24.1 Å². The standard InChI is InChI=1S/C22H27Cl2N3O4S/c1-5-25-22(29)16(3)27(13-18-19(23)7-6-8-20(18)24)21(28)14-26(4)32(30,31)17-11-9-15(2)10-12-17/h6-12,16H,5,13-14H2,1-4H3,(H,25,29)/t16-/m0/s1. The van der Waals surface area contributed by atoms with Crippen LogP contribution in [-0.4, -0.2) is 55.6 Å². The zero-order valence-corrected chi connectivity index (χ0v) is 20.8. The summed E-state index contributed by atoms with van der Waals surface area (Å²) in [6.07, 6.45) is 0. The number of nitrogens with zero attached hydrogens (tertiary/aromatic N) is 2. The highest BCUT2D eigenvalue weighted by molar-refractivity contribution is 7.89. The van der Waals surface area contributed by atoms with Crippen LogP contribution in [0.3, 0.4) is 0 Å². The fraction of sp³-hybridized carbons (Fsp3) is 0.364. The first-order valence-electron chi connectivity index (χ1n) is 10.0. The van der Waals surface area contributed by atoms with Gasteiger partial charge in [0, 0.05) is 35.7 Å². The SMILES string of the molecule is CCNC(=O)[C@H](C)N(Cc1c(Cl)cccc1Cl)C(=O)CN(C)S(=O)(=O)c1ccc(C)cc1. The third-order valence-corrected chi connectivity index (χ3v) is 7.52. The molecule has 2 amide bonds. The van der Waals surface area contributed by atoms with Gasteiger partial charge in [-0.15, -0.1) is 0 Å². The van der Waals surface area contributed by atoms with Crippen molar-refractivity contribution in [2.24, 2.45) is 0 Å². The Morgan fingerprint density at radius 3 is 2.16 bits per heavy atom. The van der Waals surface area contributed by atoms with Crippen molar-refractivity contribution in [1.29, 1.82) is 0 Å². The van der Waals surface area contributed by atoms with Crippen molar-refractivity contribution in [3.63, 3.8) is 0 Å². The van der Waals surface area contributed by atoms with Gasteiger partial charge in [0.1, 0.15) is 6.04 Å². The van der Waals surface area contributed by atoms with E-state index < -0.39 is 28.5 Å².